The fraction of sp³-hybridized carbons (Fsp3) is 0.548. The van der Waals surface area contributed by atoms with E-state index in [0.29, 0.717) is 44.0 Å². The van der Waals surface area contributed by atoms with E-state index in [1.54, 1.807) is 6.92 Å². The van der Waals surface area contributed by atoms with Crippen LogP contribution in [0, 0.1) is 17.6 Å². The number of rotatable bonds is 7. The molecule has 0 bridgehead atoms. The lowest BCUT2D eigenvalue weighted by Gasteiger charge is -2.46. The molecule has 1 saturated heterocycles. The molecule has 1 aromatic heterocycles. The van der Waals surface area contributed by atoms with Gasteiger partial charge in [-0.25, -0.2) is 17.6 Å². The molecule has 210 valence electrons. The monoisotopic (exact) mass is 543 g/mol. The summed E-state index contributed by atoms with van der Waals surface area (Å²) in [6.07, 6.45) is 1.66. The molecule has 0 amide bonds. The Kier molecular flexibility index (Phi) is 6.50. The summed E-state index contributed by atoms with van der Waals surface area (Å²) < 4.78 is 66.3. The molecule has 4 nitrogen and oxygen atoms in total. The minimum Gasteiger partial charge on any atom is -0.488 e. The average molecular weight is 544 g/mol. The van der Waals surface area contributed by atoms with Crippen LogP contribution in [-0.4, -0.2) is 64.4 Å². The zero-order valence-corrected chi connectivity index (χ0v) is 23.0. The molecule has 0 unspecified atom stereocenters. The number of nitrogens with zero attached hydrogens (tertiary/aromatic N) is 2. The van der Waals surface area contributed by atoms with Gasteiger partial charge < -0.3 is 9.72 Å². The molecule has 3 heterocycles. The molecule has 1 saturated carbocycles. The Morgan fingerprint density at radius 2 is 1.77 bits per heavy atom. The van der Waals surface area contributed by atoms with Crippen molar-refractivity contribution in [3.8, 4) is 5.75 Å². The molecule has 3 aliphatic rings. The van der Waals surface area contributed by atoms with Crippen LogP contribution in [0.3, 0.4) is 0 Å². The lowest BCUT2D eigenvalue weighted by molar-refractivity contribution is -0.0367. The minimum absolute atomic E-state index is 0.0330. The molecule has 6 rings (SSSR count). The van der Waals surface area contributed by atoms with Gasteiger partial charge in [-0.2, -0.15) is 0 Å². The van der Waals surface area contributed by atoms with Gasteiger partial charge in [-0.3, -0.25) is 9.80 Å². The Morgan fingerprint density at radius 3 is 2.41 bits per heavy atom. The van der Waals surface area contributed by atoms with Gasteiger partial charge in [-0.1, -0.05) is 18.2 Å². The SMILES string of the molecule is C[C@@H]1Cc2c([nH]c3ccccc23)[C@@H](c2c(F)cc(OC3CN(CC4CC(C)(F)C4)C3)cc2F)N1CC(C)(C)F. The zero-order valence-electron chi connectivity index (χ0n) is 23.0. The third kappa shape index (κ3) is 5.18. The number of hydrogen-bond donors (Lipinski definition) is 1. The second kappa shape index (κ2) is 9.51. The van der Waals surface area contributed by atoms with Crippen LogP contribution < -0.4 is 4.74 Å². The van der Waals surface area contributed by atoms with Crippen molar-refractivity contribution in [2.45, 2.75) is 76.5 Å². The maximum atomic E-state index is 15.8. The van der Waals surface area contributed by atoms with E-state index in [-0.39, 0.29) is 30.0 Å². The van der Waals surface area contributed by atoms with Crippen molar-refractivity contribution in [3.63, 3.8) is 0 Å². The quantitative estimate of drug-likeness (QED) is 0.335. The number of ether oxygens (including phenoxy) is 1. The highest BCUT2D eigenvalue weighted by atomic mass is 19.2. The number of likely N-dealkylation sites (tertiary alicyclic amines) is 1. The van der Waals surface area contributed by atoms with Gasteiger partial charge in [-0.15, -0.1) is 0 Å². The Bertz CT molecular complexity index is 1340. The van der Waals surface area contributed by atoms with E-state index < -0.39 is 29.0 Å². The zero-order chi connectivity index (χ0) is 27.7. The molecule has 39 heavy (non-hydrogen) atoms. The van der Waals surface area contributed by atoms with E-state index in [1.165, 1.54) is 26.0 Å². The van der Waals surface area contributed by atoms with Crippen molar-refractivity contribution in [1.29, 1.82) is 0 Å². The van der Waals surface area contributed by atoms with E-state index >= 15 is 8.78 Å². The van der Waals surface area contributed by atoms with Gasteiger partial charge >= 0.3 is 0 Å². The number of aromatic amines is 1. The molecule has 2 fully saturated rings. The maximum absolute atomic E-state index is 15.8. The second-order valence-corrected chi connectivity index (χ2v) is 12.9. The summed E-state index contributed by atoms with van der Waals surface area (Å²) >= 11 is 0. The van der Waals surface area contributed by atoms with Crippen molar-refractivity contribution < 1.29 is 22.3 Å². The van der Waals surface area contributed by atoms with Crippen LogP contribution in [-0.2, 0) is 6.42 Å². The predicted octanol–water partition coefficient (Wildman–Crippen LogP) is 6.73. The van der Waals surface area contributed by atoms with Gasteiger partial charge in [-0.05, 0) is 64.5 Å². The summed E-state index contributed by atoms with van der Waals surface area (Å²) in [6.45, 7) is 8.78. The van der Waals surface area contributed by atoms with Crippen molar-refractivity contribution in [2.75, 3.05) is 26.2 Å². The van der Waals surface area contributed by atoms with Gasteiger partial charge in [0.05, 0.1) is 6.04 Å². The lowest BCUT2D eigenvalue weighted by Crippen LogP contribution is -2.57. The number of aromatic nitrogens is 1. The van der Waals surface area contributed by atoms with Crippen LogP contribution in [0.5, 0.6) is 5.75 Å². The maximum Gasteiger partial charge on any atom is 0.135 e. The highest BCUT2D eigenvalue weighted by molar-refractivity contribution is 5.85. The topological polar surface area (TPSA) is 31.5 Å². The molecule has 0 radical (unpaired) electrons. The largest absolute Gasteiger partial charge is 0.488 e. The van der Waals surface area contributed by atoms with E-state index in [4.69, 9.17) is 4.74 Å². The number of halogens is 4. The first-order chi connectivity index (χ1) is 18.4. The van der Waals surface area contributed by atoms with Gasteiger partial charge in [0.1, 0.15) is 34.8 Å². The lowest BCUT2D eigenvalue weighted by atomic mass is 9.73. The number of H-pyrrole nitrogens is 1. The summed E-state index contributed by atoms with van der Waals surface area (Å²) in [4.78, 5) is 7.46. The van der Waals surface area contributed by atoms with Crippen LogP contribution in [0.25, 0.3) is 10.9 Å². The first-order valence-electron chi connectivity index (χ1n) is 14.0. The highest BCUT2D eigenvalue weighted by Crippen LogP contribution is 2.44. The molecular weight excluding hydrogens is 506 g/mol. The highest BCUT2D eigenvalue weighted by Gasteiger charge is 2.43. The number of alkyl halides is 2. The Balaban J connectivity index is 1.26. The van der Waals surface area contributed by atoms with Crippen LogP contribution in [0.15, 0.2) is 36.4 Å². The number of nitrogens with one attached hydrogen (secondary N) is 1. The van der Waals surface area contributed by atoms with E-state index in [1.807, 2.05) is 36.1 Å². The Labute approximate surface area is 227 Å². The van der Waals surface area contributed by atoms with Gasteiger partial charge in [0.25, 0.3) is 0 Å². The fourth-order valence-electron chi connectivity index (χ4n) is 6.97. The molecule has 1 N–H and O–H groups in total. The smallest absolute Gasteiger partial charge is 0.135 e. The molecule has 8 heteroatoms. The first kappa shape index (κ1) is 26.6. The van der Waals surface area contributed by atoms with Crippen LogP contribution in [0.2, 0.25) is 0 Å². The van der Waals surface area contributed by atoms with Gasteiger partial charge in [0.15, 0.2) is 0 Å². The molecule has 1 aliphatic carbocycles. The van der Waals surface area contributed by atoms with E-state index in [9.17, 15) is 8.78 Å². The van der Waals surface area contributed by atoms with Crippen molar-refractivity contribution in [2.24, 2.45) is 5.92 Å². The summed E-state index contributed by atoms with van der Waals surface area (Å²) in [5, 5.41) is 1.02. The number of benzene rings is 2. The third-order valence-electron chi connectivity index (χ3n) is 8.57. The summed E-state index contributed by atoms with van der Waals surface area (Å²) in [5.41, 5.74) is -0.0644. The number of fused-ring (bicyclic) bond motifs is 3. The van der Waals surface area contributed by atoms with Gasteiger partial charge in [0.2, 0.25) is 0 Å². The fourth-order valence-corrected chi connectivity index (χ4v) is 6.97. The third-order valence-corrected chi connectivity index (χ3v) is 8.57. The molecule has 2 aliphatic heterocycles. The minimum atomic E-state index is -1.55. The molecule has 0 spiro atoms. The van der Waals surface area contributed by atoms with Crippen LogP contribution >= 0.6 is 0 Å². The number of hydrogen-bond acceptors (Lipinski definition) is 3. The molecular formula is C31H37F4N3O. The Hall–Kier alpha value is -2.58. The molecule has 2 atom stereocenters. The van der Waals surface area contributed by atoms with Crippen molar-refractivity contribution in [3.05, 3.63) is 64.9 Å². The standard InChI is InChI=1S/C31H37F4N3O/c1-18-9-23-22-7-5-6-8-26(22)36-28(23)29(38(18)17-30(2,3)34)27-24(32)10-20(11-25(27)33)39-21-15-37(16-21)14-19-12-31(4,35)13-19/h5-8,10-11,18-19,21,29,36H,9,12-17H2,1-4H3/t18-,19?,29-,31?/m1/s1. The van der Waals surface area contributed by atoms with Crippen LogP contribution in [0.1, 0.15) is 63.4 Å². The second-order valence-electron chi connectivity index (χ2n) is 12.9. The Morgan fingerprint density at radius 1 is 1.10 bits per heavy atom. The van der Waals surface area contributed by atoms with E-state index in [2.05, 4.69) is 9.88 Å². The molecule has 2 aromatic carbocycles. The van der Waals surface area contributed by atoms with E-state index in [0.717, 1.165) is 23.0 Å². The van der Waals surface area contributed by atoms with Crippen molar-refractivity contribution in [1.82, 2.24) is 14.8 Å². The summed E-state index contributed by atoms with van der Waals surface area (Å²) in [7, 11) is 0. The average Bonchev–Trinajstić information content (AvgIpc) is 3.15. The number of para-hydroxylation sites is 1. The normalized spacial score (nSPS) is 28.3. The van der Waals surface area contributed by atoms with Gasteiger partial charge in [0, 0.05) is 66.5 Å². The summed E-state index contributed by atoms with van der Waals surface area (Å²) in [5.74, 6) is -0.900. The van der Waals surface area contributed by atoms with Crippen molar-refractivity contribution >= 4 is 10.9 Å². The first-order valence-corrected chi connectivity index (χ1v) is 14.0. The predicted molar refractivity (Wildman–Crippen MR) is 145 cm³/mol. The molecule has 3 aromatic rings. The summed E-state index contributed by atoms with van der Waals surface area (Å²) in [6, 6.07) is 9.41. The van der Waals surface area contributed by atoms with Crippen LogP contribution in [0.4, 0.5) is 17.6 Å².